The van der Waals surface area contributed by atoms with Gasteiger partial charge in [0.1, 0.15) is 0 Å². The highest BCUT2D eigenvalue weighted by atomic mass is 35.5. The van der Waals surface area contributed by atoms with Gasteiger partial charge in [-0.15, -0.1) is 0 Å². The molecule has 0 spiro atoms. The van der Waals surface area contributed by atoms with Gasteiger partial charge in [0, 0.05) is 28.0 Å². The summed E-state index contributed by atoms with van der Waals surface area (Å²) in [5.41, 5.74) is 0.754. The average Bonchev–Trinajstić information content (AvgIpc) is 2.03. The molecule has 0 aliphatic carbocycles. The molecule has 66 valence electrons. The Morgan fingerprint density at radius 3 is 2.38 bits per heavy atom. The van der Waals surface area contributed by atoms with Crippen molar-refractivity contribution in [1.29, 1.82) is 5.26 Å². The lowest BCUT2D eigenvalue weighted by atomic mass is 10.3. The van der Waals surface area contributed by atoms with Crippen LogP contribution >= 0.6 is 23.2 Å². The molecule has 0 amide bonds. The summed E-state index contributed by atoms with van der Waals surface area (Å²) < 4.78 is 0. The van der Waals surface area contributed by atoms with E-state index in [4.69, 9.17) is 28.5 Å². The number of anilines is 1. The van der Waals surface area contributed by atoms with Crippen molar-refractivity contribution in [3.8, 4) is 6.07 Å². The normalized spacial score (nSPS) is 9.92. The summed E-state index contributed by atoms with van der Waals surface area (Å²) in [6.07, 6.45) is 2.84. The van der Waals surface area contributed by atoms with Gasteiger partial charge in [-0.3, -0.25) is 0 Å². The van der Waals surface area contributed by atoms with Crippen molar-refractivity contribution in [3.05, 3.63) is 40.5 Å². The molecule has 0 heterocycles. The molecule has 0 fully saturated rings. The number of nitrogens with zero attached hydrogens (tertiary/aromatic N) is 1. The number of nitrogens with one attached hydrogen (secondary N) is 1. The maximum Gasteiger partial charge on any atom is 0.0927 e. The molecule has 4 heteroatoms. The van der Waals surface area contributed by atoms with Crippen LogP contribution in [0.15, 0.2) is 30.5 Å². The predicted molar refractivity (Wildman–Crippen MR) is 54.8 cm³/mol. The molecule has 0 aliphatic rings. The van der Waals surface area contributed by atoms with Crippen molar-refractivity contribution in [2.45, 2.75) is 0 Å². The fraction of sp³-hybridized carbons (Fsp3) is 0. The topological polar surface area (TPSA) is 35.8 Å². The fourth-order valence-electron chi connectivity index (χ4n) is 0.812. The second-order valence-corrected chi connectivity index (χ2v) is 3.14. The van der Waals surface area contributed by atoms with Gasteiger partial charge in [0.15, 0.2) is 0 Å². The number of allylic oxidation sites excluding steroid dienone is 1. The predicted octanol–water partition coefficient (Wildman–Crippen LogP) is 3.44. The Kier molecular flexibility index (Phi) is 3.63. The zero-order valence-corrected chi connectivity index (χ0v) is 8.10. The van der Waals surface area contributed by atoms with Crippen LogP contribution in [-0.2, 0) is 0 Å². The van der Waals surface area contributed by atoms with Crippen LogP contribution in [-0.4, -0.2) is 0 Å². The minimum Gasteiger partial charge on any atom is -0.361 e. The summed E-state index contributed by atoms with van der Waals surface area (Å²) in [5.74, 6) is 0. The molecule has 2 nitrogen and oxygen atoms in total. The maximum absolute atomic E-state index is 8.22. The molecular weight excluding hydrogens is 207 g/mol. The van der Waals surface area contributed by atoms with Crippen molar-refractivity contribution < 1.29 is 0 Å². The number of hydrogen-bond acceptors (Lipinski definition) is 2. The summed E-state index contributed by atoms with van der Waals surface area (Å²) >= 11 is 11.5. The van der Waals surface area contributed by atoms with Crippen molar-refractivity contribution in [3.63, 3.8) is 0 Å². The Morgan fingerprint density at radius 2 is 1.85 bits per heavy atom. The maximum atomic E-state index is 8.22. The zero-order chi connectivity index (χ0) is 9.68. The first-order valence-electron chi connectivity index (χ1n) is 3.49. The van der Waals surface area contributed by atoms with Crippen LogP contribution in [0.4, 0.5) is 5.69 Å². The molecule has 0 aliphatic heterocycles. The Balaban J connectivity index is 2.78. The molecule has 1 aromatic rings. The highest BCUT2D eigenvalue weighted by molar-refractivity contribution is 6.35. The summed E-state index contributed by atoms with van der Waals surface area (Å²) in [6, 6.07) is 6.93. The fourth-order valence-corrected chi connectivity index (χ4v) is 1.34. The van der Waals surface area contributed by atoms with Gasteiger partial charge in [-0.25, -0.2) is 0 Å². The van der Waals surface area contributed by atoms with Gasteiger partial charge in [0.2, 0.25) is 0 Å². The SMILES string of the molecule is N#C/C=C/Nc1cc(Cl)cc(Cl)c1. The summed E-state index contributed by atoms with van der Waals surface area (Å²) in [6.45, 7) is 0. The van der Waals surface area contributed by atoms with E-state index in [-0.39, 0.29) is 0 Å². The van der Waals surface area contributed by atoms with E-state index in [0.29, 0.717) is 10.0 Å². The van der Waals surface area contributed by atoms with Gasteiger partial charge < -0.3 is 5.32 Å². The summed E-state index contributed by atoms with van der Waals surface area (Å²) in [5, 5.41) is 12.2. The van der Waals surface area contributed by atoms with Crippen LogP contribution in [0.5, 0.6) is 0 Å². The summed E-state index contributed by atoms with van der Waals surface area (Å²) in [7, 11) is 0. The standard InChI is InChI=1S/C9H6Cl2N2/c10-7-4-8(11)6-9(5-7)13-3-1-2-12/h1,3-6,13H/b3-1+. The largest absolute Gasteiger partial charge is 0.361 e. The molecule has 0 radical (unpaired) electrons. The van der Waals surface area contributed by atoms with Crippen molar-refractivity contribution >= 4 is 28.9 Å². The Bertz CT molecular complexity index is 346. The number of hydrogen-bond donors (Lipinski definition) is 1. The Labute approximate surface area is 86.4 Å². The zero-order valence-electron chi connectivity index (χ0n) is 6.59. The van der Waals surface area contributed by atoms with E-state index < -0.39 is 0 Å². The monoisotopic (exact) mass is 212 g/mol. The second-order valence-electron chi connectivity index (χ2n) is 2.26. The lowest BCUT2D eigenvalue weighted by Crippen LogP contribution is -1.86. The molecule has 1 aromatic carbocycles. The van der Waals surface area contributed by atoms with E-state index >= 15 is 0 Å². The van der Waals surface area contributed by atoms with E-state index in [1.165, 1.54) is 12.3 Å². The van der Waals surface area contributed by atoms with E-state index in [2.05, 4.69) is 5.32 Å². The van der Waals surface area contributed by atoms with Crippen LogP contribution in [0, 0.1) is 11.3 Å². The third-order valence-electron chi connectivity index (χ3n) is 1.27. The van der Waals surface area contributed by atoms with Crippen molar-refractivity contribution in [2.24, 2.45) is 0 Å². The number of benzene rings is 1. The lowest BCUT2D eigenvalue weighted by Gasteiger charge is -2.01. The molecule has 0 saturated heterocycles. The van der Waals surface area contributed by atoms with Gasteiger partial charge >= 0.3 is 0 Å². The molecule has 1 rings (SSSR count). The van der Waals surface area contributed by atoms with Crippen LogP contribution in [0.2, 0.25) is 10.0 Å². The number of nitriles is 1. The molecule has 0 bridgehead atoms. The number of halogens is 2. The van der Waals surface area contributed by atoms with Crippen LogP contribution < -0.4 is 5.32 Å². The first-order chi connectivity index (χ1) is 6.22. The van der Waals surface area contributed by atoms with Crippen LogP contribution in [0.1, 0.15) is 0 Å². The molecule has 0 unspecified atom stereocenters. The minimum absolute atomic E-state index is 0.556. The highest BCUT2D eigenvalue weighted by Crippen LogP contribution is 2.22. The smallest absolute Gasteiger partial charge is 0.0927 e. The molecule has 1 N–H and O–H groups in total. The molecule has 0 atom stereocenters. The van der Waals surface area contributed by atoms with Crippen LogP contribution in [0.3, 0.4) is 0 Å². The summed E-state index contributed by atoms with van der Waals surface area (Å²) in [4.78, 5) is 0. The minimum atomic E-state index is 0.556. The highest BCUT2D eigenvalue weighted by Gasteiger charge is 1.94. The third kappa shape index (κ3) is 3.37. The van der Waals surface area contributed by atoms with Gasteiger partial charge in [-0.05, 0) is 18.2 Å². The van der Waals surface area contributed by atoms with Crippen molar-refractivity contribution in [2.75, 3.05) is 5.32 Å². The Hall–Kier alpha value is -1.17. The van der Waals surface area contributed by atoms with E-state index in [9.17, 15) is 0 Å². The van der Waals surface area contributed by atoms with Gasteiger partial charge in [-0.2, -0.15) is 5.26 Å². The Morgan fingerprint density at radius 1 is 1.23 bits per heavy atom. The number of rotatable bonds is 2. The first-order valence-corrected chi connectivity index (χ1v) is 4.25. The van der Waals surface area contributed by atoms with E-state index in [1.807, 2.05) is 6.07 Å². The molecule has 0 aromatic heterocycles. The van der Waals surface area contributed by atoms with E-state index in [1.54, 1.807) is 18.2 Å². The molecular formula is C9H6Cl2N2. The lowest BCUT2D eigenvalue weighted by molar-refractivity contribution is 1.52. The molecule has 13 heavy (non-hydrogen) atoms. The van der Waals surface area contributed by atoms with Crippen molar-refractivity contribution in [1.82, 2.24) is 0 Å². The molecule has 0 saturated carbocycles. The average molecular weight is 213 g/mol. The van der Waals surface area contributed by atoms with E-state index in [0.717, 1.165) is 5.69 Å². The third-order valence-corrected chi connectivity index (χ3v) is 1.71. The first kappa shape index (κ1) is 9.91. The van der Waals surface area contributed by atoms with Gasteiger partial charge in [0.25, 0.3) is 0 Å². The van der Waals surface area contributed by atoms with Gasteiger partial charge in [-0.1, -0.05) is 23.2 Å². The van der Waals surface area contributed by atoms with Crippen LogP contribution in [0.25, 0.3) is 0 Å². The quantitative estimate of drug-likeness (QED) is 0.763. The van der Waals surface area contributed by atoms with Gasteiger partial charge in [0.05, 0.1) is 6.07 Å². The second kappa shape index (κ2) is 4.76.